The van der Waals surface area contributed by atoms with Gasteiger partial charge in [-0.1, -0.05) is 11.6 Å². The summed E-state index contributed by atoms with van der Waals surface area (Å²) >= 11 is 6.38. The molecule has 12 heteroatoms. The van der Waals surface area contributed by atoms with Gasteiger partial charge in [-0.2, -0.15) is 0 Å². The van der Waals surface area contributed by atoms with Crippen molar-refractivity contribution in [1.82, 2.24) is 15.3 Å². The van der Waals surface area contributed by atoms with E-state index in [0.717, 1.165) is 5.56 Å². The molecule has 0 unspecified atom stereocenters. The molecule has 0 bridgehead atoms. The average molecular weight is 613 g/mol. The number of aromatic nitrogens is 2. The predicted octanol–water partition coefficient (Wildman–Crippen LogP) is 5.13. The minimum Gasteiger partial charge on any atom is -0.491 e. The van der Waals surface area contributed by atoms with Crippen LogP contribution in [0.5, 0.6) is 5.75 Å². The number of pyridine rings is 2. The summed E-state index contributed by atoms with van der Waals surface area (Å²) in [6.07, 6.45) is 2.47. The van der Waals surface area contributed by atoms with Crippen LogP contribution in [-0.2, 0) is 16.8 Å². The molecule has 1 aliphatic rings. The van der Waals surface area contributed by atoms with Gasteiger partial charge in [0.05, 0.1) is 35.8 Å². The van der Waals surface area contributed by atoms with Crippen LogP contribution in [0, 0.1) is 30.3 Å². The molecule has 1 aliphatic carbocycles. The van der Waals surface area contributed by atoms with Crippen molar-refractivity contribution in [2.24, 2.45) is 11.7 Å². The summed E-state index contributed by atoms with van der Waals surface area (Å²) in [6, 6.07) is 7.36. The van der Waals surface area contributed by atoms with E-state index in [1.54, 1.807) is 19.2 Å². The van der Waals surface area contributed by atoms with E-state index >= 15 is 4.39 Å². The second-order valence-corrected chi connectivity index (χ2v) is 11.0. The zero-order valence-corrected chi connectivity index (χ0v) is 24.1. The number of carbonyl (C=O) groups is 2. The van der Waals surface area contributed by atoms with Gasteiger partial charge in [0, 0.05) is 34.3 Å². The van der Waals surface area contributed by atoms with Gasteiger partial charge < -0.3 is 20.9 Å². The van der Waals surface area contributed by atoms with Crippen LogP contribution in [0.4, 0.5) is 13.2 Å². The van der Waals surface area contributed by atoms with Gasteiger partial charge in [-0.25, -0.2) is 18.2 Å². The van der Waals surface area contributed by atoms with E-state index in [9.17, 15) is 23.5 Å². The summed E-state index contributed by atoms with van der Waals surface area (Å²) < 4.78 is 48.7. The number of aliphatic hydroxyl groups is 1. The second kappa shape index (κ2) is 11.8. The van der Waals surface area contributed by atoms with E-state index in [-0.39, 0.29) is 58.8 Å². The Labute approximate surface area is 250 Å². The molecule has 2 aromatic carbocycles. The Morgan fingerprint density at radius 1 is 1.12 bits per heavy atom. The van der Waals surface area contributed by atoms with E-state index in [4.69, 9.17) is 22.1 Å². The lowest BCUT2D eigenvalue weighted by Gasteiger charge is -2.30. The third-order valence-corrected chi connectivity index (χ3v) is 7.61. The van der Waals surface area contributed by atoms with Crippen LogP contribution < -0.4 is 15.8 Å². The SMILES string of the molecule is CCOc1c(CC(N)=O)cc([C@@](O)(CNC(=O)c2cc(Cl)c3ncc(C)cc3c2)C2CC2)nc1-c1cc(F)c(F)cc1F. The molecule has 4 N–H and O–H groups in total. The smallest absolute Gasteiger partial charge is 0.251 e. The van der Waals surface area contributed by atoms with Gasteiger partial charge in [0.2, 0.25) is 5.91 Å². The summed E-state index contributed by atoms with van der Waals surface area (Å²) in [5.74, 6) is -5.55. The van der Waals surface area contributed by atoms with E-state index in [1.165, 1.54) is 12.1 Å². The van der Waals surface area contributed by atoms with Gasteiger partial charge in [0.15, 0.2) is 11.6 Å². The topological polar surface area (TPSA) is 127 Å². The van der Waals surface area contributed by atoms with Gasteiger partial charge >= 0.3 is 0 Å². The number of hydrogen-bond acceptors (Lipinski definition) is 6. The number of benzene rings is 2. The van der Waals surface area contributed by atoms with Crippen molar-refractivity contribution < 1.29 is 32.6 Å². The molecule has 0 saturated heterocycles. The van der Waals surface area contributed by atoms with Gasteiger partial charge in [0.1, 0.15) is 22.9 Å². The average Bonchev–Trinajstić information content (AvgIpc) is 3.80. The summed E-state index contributed by atoms with van der Waals surface area (Å²) in [6.45, 7) is 3.26. The molecule has 0 aliphatic heterocycles. The molecule has 43 heavy (non-hydrogen) atoms. The Kier molecular flexibility index (Phi) is 8.31. The van der Waals surface area contributed by atoms with Crippen LogP contribution >= 0.6 is 11.6 Å². The highest BCUT2D eigenvalue weighted by Gasteiger charge is 2.47. The van der Waals surface area contributed by atoms with E-state index in [1.807, 2.05) is 13.0 Å². The zero-order valence-electron chi connectivity index (χ0n) is 23.3. The number of nitrogens with one attached hydrogen (secondary N) is 1. The molecule has 1 saturated carbocycles. The molecule has 224 valence electrons. The first kappa shape index (κ1) is 30.2. The van der Waals surface area contributed by atoms with Crippen LogP contribution in [0.25, 0.3) is 22.2 Å². The lowest BCUT2D eigenvalue weighted by atomic mass is 9.90. The predicted molar refractivity (Wildman–Crippen MR) is 154 cm³/mol. The monoisotopic (exact) mass is 612 g/mol. The van der Waals surface area contributed by atoms with Crippen molar-refractivity contribution in [3.8, 4) is 17.0 Å². The number of ether oxygens (including phenoxy) is 1. The van der Waals surface area contributed by atoms with Gasteiger partial charge in [-0.3, -0.25) is 14.6 Å². The first-order valence-corrected chi connectivity index (χ1v) is 14.0. The lowest BCUT2D eigenvalue weighted by molar-refractivity contribution is -0.117. The number of rotatable bonds is 10. The number of nitrogens with zero attached hydrogens (tertiary/aromatic N) is 2. The van der Waals surface area contributed by atoms with Gasteiger partial charge in [-0.05, 0) is 68.5 Å². The molecule has 5 rings (SSSR count). The van der Waals surface area contributed by atoms with Crippen molar-refractivity contribution in [3.05, 3.63) is 87.5 Å². The summed E-state index contributed by atoms with van der Waals surface area (Å²) in [7, 11) is 0. The van der Waals surface area contributed by atoms with E-state index in [0.29, 0.717) is 35.9 Å². The van der Waals surface area contributed by atoms with Crippen LogP contribution in [0.2, 0.25) is 5.02 Å². The number of aryl methyl sites for hydroxylation is 1. The summed E-state index contributed by atoms with van der Waals surface area (Å²) in [5, 5.41) is 15.7. The molecular formula is C31H28ClF3N4O4. The molecule has 2 amide bonds. The number of carbonyl (C=O) groups excluding carboxylic acids is 2. The van der Waals surface area contributed by atoms with E-state index < -0.39 is 40.4 Å². The Hall–Kier alpha value is -4.22. The molecule has 2 heterocycles. The fourth-order valence-corrected chi connectivity index (χ4v) is 5.36. The van der Waals surface area contributed by atoms with Crippen LogP contribution in [0.1, 0.15) is 46.9 Å². The number of halogens is 4. The van der Waals surface area contributed by atoms with Crippen molar-refractivity contribution in [2.45, 2.75) is 38.7 Å². The maximum absolute atomic E-state index is 15.0. The number of amides is 2. The second-order valence-electron chi connectivity index (χ2n) is 10.6. The maximum Gasteiger partial charge on any atom is 0.251 e. The van der Waals surface area contributed by atoms with Crippen molar-refractivity contribution in [3.63, 3.8) is 0 Å². The number of primary amides is 1. The number of hydrogen-bond donors (Lipinski definition) is 3. The highest BCUT2D eigenvalue weighted by molar-refractivity contribution is 6.35. The molecule has 4 aromatic rings. The highest BCUT2D eigenvalue weighted by atomic mass is 35.5. The quantitative estimate of drug-likeness (QED) is 0.213. The Morgan fingerprint density at radius 3 is 2.51 bits per heavy atom. The van der Waals surface area contributed by atoms with Crippen molar-refractivity contribution >= 4 is 34.3 Å². The lowest BCUT2D eigenvalue weighted by Crippen LogP contribution is -2.43. The first-order valence-electron chi connectivity index (χ1n) is 13.6. The van der Waals surface area contributed by atoms with E-state index in [2.05, 4.69) is 15.3 Å². The number of nitrogens with two attached hydrogens (primary N) is 1. The maximum atomic E-state index is 15.0. The van der Waals surface area contributed by atoms with Crippen molar-refractivity contribution in [2.75, 3.05) is 13.2 Å². The van der Waals surface area contributed by atoms with Crippen molar-refractivity contribution in [1.29, 1.82) is 0 Å². The highest BCUT2D eigenvalue weighted by Crippen LogP contribution is 2.47. The Bertz CT molecular complexity index is 1770. The molecule has 0 spiro atoms. The van der Waals surface area contributed by atoms with Crippen LogP contribution in [-0.4, -0.2) is 40.0 Å². The Morgan fingerprint density at radius 2 is 1.84 bits per heavy atom. The van der Waals surface area contributed by atoms with Gasteiger partial charge in [-0.15, -0.1) is 0 Å². The zero-order chi connectivity index (χ0) is 31.1. The van der Waals surface area contributed by atoms with Gasteiger partial charge in [0.25, 0.3) is 5.91 Å². The minimum absolute atomic E-state index is 0.0227. The third kappa shape index (κ3) is 6.14. The summed E-state index contributed by atoms with van der Waals surface area (Å²) in [4.78, 5) is 34.0. The molecular weight excluding hydrogens is 585 g/mol. The molecule has 1 atom stereocenters. The molecule has 0 radical (unpaired) electrons. The standard InChI is InChI=1S/C31H28ClF3N4O4/c1-3-43-29-17(10-26(36)40)9-25(39-28(29)20-11-23(34)24(35)12-22(20)33)31(42,19-4-5-19)14-38-30(41)18-7-16-6-15(2)13-37-27(16)21(32)8-18/h6-9,11-13,19,42H,3-5,10,14H2,1-2H3,(H2,36,40)(H,38,41)/t31-/m1/s1. The minimum atomic E-state index is -1.78. The first-order chi connectivity index (χ1) is 20.4. The van der Waals surface area contributed by atoms with Crippen LogP contribution in [0.3, 0.4) is 0 Å². The summed E-state index contributed by atoms with van der Waals surface area (Å²) in [5.41, 5.74) is 4.80. The molecule has 2 aromatic heterocycles. The largest absolute Gasteiger partial charge is 0.491 e. The molecule has 8 nitrogen and oxygen atoms in total. The Balaban J connectivity index is 1.57. The fraction of sp³-hybridized carbons (Fsp3) is 0.290. The third-order valence-electron chi connectivity index (χ3n) is 7.32. The number of fused-ring (bicyclic) bond motifs is 1. The fourth-order valence-electron chi connectivity index (χ4n) is 5.09. The molecule has 1 fully saturated rings. The normalized spacial score (nSPS) is 14.4. The van der Waals surface area contributed by atoms with Crippen LogP contribution in [0.15, 0.2) is 42.6 Å².